The normalized spacial score (nSPS) is 15.8. The fourth-order valence-electron chi connectivity index (χ4n) is 4.65. The van der Waals surface area contributed by atoms with Gasteiger partial charge in [0.25, 0.3) is 0 Å². The van der Waals surface area contributed by atoms with E-state index < -0.39 is 0 Å². The van der Waals surface area contributed by atoms with Gasteiger partial charge in [0, 0.05) is 28.6 Å². The summed E-state index contributed by atoms with van der Waals surface area (Å²) in [5, 5.41) is 2.69. The molecule has 0 spiro atoms. The zero-order valence-electron chi connectivity index (χ0n) is 18.7. The largest absolute Gasteiger partial charge is 0.210 e. The quantitative estimate of drug-likeness (QED) is 0.241. The molecule has 3 aromatic carbocycles. The SMILES string of the molecule is CCCC[N+]1=C(/C=C/C(Br)=C/Cc2ccccc2)C(C)(C)c2c1ccc1ccccc21. The minimum absolute atomic E-state index is 0.0485. The molecule has 3 aromatic rings. The lowest BCUT2D eigenvalue weighted by atomic mass is 9.79. The molecule has 1 aliphatic heterocycles. The van der Waals surface area contributed by atoms with Crippen molar-refractivity contribution < 1.29 is 4.58 Å². The van der Waals surface area contributed by atoms with Crippen molar-refractivity contribution in [2.75, 3.05) is 6.54 Å². The maximum Gasteiger partial charge on any atom is 0.210 e. The molecular weight excluding hydrogens is 442 g/mol. The molecule has 0 unspecified atom stereocenters. The number of benzene rings is 3. The summed E-state index contributed by atoms with van der Waals surface area (Å²) in [5.41, 5.74) is 5.46. The highest BCUT2D eigenvalue weighted by molar-refractivity contribution is 9.11. The molecule has 0 N–H and O–H groups in total. The second-order valence-corrected chi connectivity index (χ2v) is 9.72. The highest BCUT2D eigenvalue weighted by Gasteiger charge is 2.45. The Balaban J connectivity index is 1.71. The smallest absolute Gasteiger partial charge is 0.195 e. The molecule has 1 aliphatic rings. The molecule has 0 saturated heterocycles. The van der Waals surface area contributed by atoms with Crippen LogP contribution < -0.4 is 0 Å². The highest BCUT2D eigenvalue weighted by atomic mass is 79.9. The Hall–Kier alpha value is -2.45. The fraction of sp³-hybridized carbons (Fsp3) is 0.276. The molecule has 1 heterocycles. The van der Waals surface area contributed by atoms with Crippen molar-refractivity contribution in [2.45, 2.75) is 45.4 Å². The predicted octanol–water partition coefficient (Wildman–Crippen LogP) is 8.09. The summed E-state index contributed by atoms with van der Waals surface area (Å²) in [6.07, 6.45) is 10.1. The molecular formula is C29H31BrN+. The van der Waals surface area contributed by atoms with Gasteiger partial charge in [-0.25, -0.2) is 0 Å². The molecule has 0 saturated carbocycles. The second-order valence-electron chi connectivity index (χ2n) is 8.81. The molecule has 158 valence electrons. The lowest BCUT2D eigenvalue weighted by molar-refractivity contribution is -0.438. The van der Waals surface area contributed by atoms with E-state index in [4.69, 9.17) is 0 Å². The van der Waals surface area contributed by atoms with Crippen molar-refractivity contribution in [3.63, 3.8) is 0 Å². The van der Waals surface area contributed by atoms with Crippen LogP contribution in [0.2, 0.25) is 0 Å². The van der Waals surface area contributed by atoms with Crippen LogP contribution in [0.15, 0.2) is 89.4 Å². The van der Waals surface area contributed by atoms with Gasteiger partial charge >= 0.3 is 0 Å². The number of fused-ring (bicyclic) bond motifs is 3. The Kier molecular flexibility index (Phi) is 6.57. The molecule has 1 nitrogen and oxygen atoms in total. The number of nitrogens with zero attached hydrogens (tertiary/aromatic N) is 1. The van der Waals surface area contributed by atoms with Crippen LogP contribution in [0.4, 0.5) is 5.69 Å². The van der Waals surface area contributed by atoms with Gasteiger partial charge in [-0.1, -0.05) is 89.9 Å². The van der Waals surface area contributed by atoms with Crippen LogP contribution in [0.5, 0.6) is 0 Å². The maximum atomic E-state index is 3.77. The molecule has 0 fully saturated rings. The van der Waals surface area contributed by atoms with Crippen LogP contribution >= 0.6 is 15.9 Å². The van der Waals surface area contributed by atoms with E-state index in [1.54, 1.807) is 0 Å². The molecule has 31 heavy (non-hydrogen) atoms. The van der Waals surface area contributed by atoms with Crippen molar-refractivity contribution in [1.82, 2.24) is 0 Å². The van der Waals surface area contributed by atoms with E-state index in [9.17, 15) is 0 Å². The van der Waals surface area contributed by atoms with Gasteiger partial charge in [0.1, 0.15) is 6.54 Å². The molecule has 0 atom stereocenters. The van der Waals surface area contributed by atoms with E-state index in [2.05, 4.69) is 126 Å². The van der Waals surface area contributed by atoms with E-state index in [0.29, 0.717) is 0 Å². The topological polar surface area (TPSA) is 3.01 Å². The zero-order valence-corrected chi connectivity index (χ0v) is 20.3. The first kappa shape index (κ1) is 21.8. The molecule has 0 bridgehead atoms. The maximum absolute atomic E-state index is 3.77. The minimum Gasteiger partial charge on any atom is -0.195 e. The average Bonchev–Trinajstić information content (AvgIpc) is 3.01. The molecule has 0 radical (unpaired) electrons. The number of halogens is 1. The Labute approximate surface area is 195 Å². The first-order valence-corrected chi connectivity index (χ1v) is 12.1. The monoisotopic (exact) mass is 472 g/mol. The third-order valence-corrected chi connectivity index (χ3v) is 6.85. The van der Waals surface area contributed by atoms with Crippen LogP contribution in [0.25, 0.3) is 10.8 Å². The summed E-state index contributed by atoms with van der Waals surface area (Å²) < 4.78 is 3.66. The van der Waals surface area contributed by atoms with Gasteiger partial charge in [-0.05, 0) is 48.7 Å². The number of allylic oxidation sites excluding steroid dienone is 4. The van der Waals surface area contributed by atoms with E-state index in [-0.39, 0.29) is 5.41 Å². The average molecular weight is 473 g/mol. The van der Waals surface area contributed by atoms with Crippen LogP contribution in [0.1, 0.15) is 44.7 Å². The van der Waals surface area contributed by atoms with Crippen molar-refractivity contribution >= 4 is 38.1 Å². The second kappa shape index (κ2) is 9.36. The Morgan fingerprint density at radius 2 is 1.71 bits per heavy atom. The van der Waals surface area contributed by atoms with Gasteiger partial charge in [-0.3, -0.25) is 0 Å². The van der Waals surface area contributed by atoms with Gasteiger partial charge in [-0.15, -0.1) is 0 Å². The van der Waals surface area contributed by atoms with Gasteiger partial charge in [0.15, 0.2) is 5.71 Å². The third-order valence-electron chi connectivity index (χ3n) is 6.27. The van der Waals surface area contributed by atoms with Crippen molar-refractivity contribution in [2.24, 2.45) is 0 Å². The fourth-order valence-corrected chi connectivity index (χ4v) is 4.94. The Morgan fingerprint density at radius 3 is 2.48 bits per heavy atom. The summed E-state index contributed by atoms with van der Waals surface area (Å²) in [6, 6.07) is 24.0. The van der Waals surface area contributed by atoms with Crippen LogP contribution in [-0.2, 0) is 11.8 Å². The molecule has 2 heteroatoms. The van der Waals surface area contributed by atoms with E-state index in [1.165, 1.54) is 46.1 Å². The summed E-state index contributed by atoms with van der Waals surface area (Å²) in [6.45, 7) is 8.05. The first-order valence-electron chi connectivity index (χ1n) is 11.3. The van der Waals surface area contributed by atoms with Crippen molar-refractivity contribution in [3.8, 4) is 0 Å². The summed E-state index contributed by atoms with van der Waals surface area (Å²) >= 11 is 3.77. The van der Waals surface area contributed by atoms with Crippen molar-refractivity contribution in [1.29, 1.82) is 0 Å². The molecule has 0 aliphatic carbocycles. The summed E-state index contributed by atoms with van der Waals surface area (Å²) in [5.74, 6) is 0. The number of rotatable bonds is 7. The number of unbranched alkanes of at least 4 members (excludes halogenated alkanes) is 1. The van der Waals surface area contributed by atoms with Gasteiger partial charge < -0.3 is 0 Å². The van der Waals surface area contributed by atoms with Crippen LogP contribution in [0, 0.1) is 0 Å². The molecule has 0 amide bonds. The van der Waals surface area contributed by atoms with Gasteiger partial charge in [-0.2, -0.15) is 4.58 Å². The van der Waals surface area contributed by atoms with Gasteiger partial charge in [0.2, 0.25) is 5.69 Å². The molecule has 4 rings (SSSR count). The summed E-state index contributed by atoms with van der Waals surface area (Å²) in [4.78, 5) is 0. The lowest BCUT2D eigenvalue weighted by Crippen LogP contribution is -2.28. The first-order chi connectivity index (χ1) is 15.0. The third kappa shape index (κ3) is 4.45. The van der Waals surface area contributed by atoms with Gasteiger partial charge in [0.05, 0.1) is 5.41 Å². The summed E-state index contributed by atoms with van der Waals surface area (Å²) in [7, 11) is 0. The molecule has 0 aromatic heterocycles. The van der Waals surface area contributed by atoms with E-state index >= 15 is 0 Å². The number of hydrogen-bond acceptors (Lipinski definition) is 0. The van der Waals surface area contributed by atoms with Crippen LogP contribution in [0.3, 0.4) is 0 Å². The predicted molar refractivity (Wildman–Crippen MR) is 138 cm³/mol. The van der Waals surface area contributed by atoms with Crippen molar-refractivity contribution in [3.05, 3.63) is 101 Å². The minimum atomic E-state index is -0.0485. The highest BCUT2D eigenvalue weighted by Crippen LogP contribution is 2.44. The number of hydrogen-bond donors (Lipinski definition) is 0. The van der Waals surface area contributed by atoms with Crippen LogP contribution in [-0.4, -0.2) is 16.8 Å². The van der Waals surface area contributed by atoms with E-state index in [1.807, 2.05) is 0 Å². The Bertz CT molecular complexity index is 1170. The zero-order chi connectivity index (χ0) is 21.8. The lowest BCUT2D eigenvalue weighted by Gasteiger charge is -2.17. The standard InChI is InChI=1S/C29H31BrN/c1-4-5-21-31-26-19-16-23-13-9-10-14-25(23)28(26)29(2,3)27(31)20-18-24(30)17-15-22-11-7-6-8-12-22/h6-14,16-20H,4-5,15,21H2,1-3H3/q+1/b20-18+,24-17-. The van der Waals surface area contributed by atoms with E-state index in [0.717, 1.165) is 17.4 Å². The Morgan fingerprint density at radius 1 is 0.968 bits per heavy atom.